The van der Waals surface area contributed by atoms with Crippen molar-refractivity contribution in [2.45, 2.75) is 12.8 Å². The summed E-state index contributed by atoms with van der Waals surface area (Å²) >= 11 is 0. The Bertz CT molecular complexity index is 524. The van der Waals surface area contributed by atoms with Crippen LogP contribution >= 0.6 is 0 Å². The molecule has 92 valence electrons. The van der Waals surface area contributed by atoms with Crippen LogP contribution < -0.4 is 10.6 Å². The molecule has 0 saturated heterocycles. The van der Waals surface area contributed by atoms with E-state index in [-0.39, 0.29) is 0 Å². The highest BCUT2D eigenvalue weighted by atomic mass is 15.1. The summed E-state index contributed by atoms with van der Waals surface area (Å²) in [5.41, 5.74) is 9.88. The van der Waals surface area contributed by atoms with Crippen LogP contribution in [0.25, 0.3) is 0 Å². The minimum absolute atomic E-state index is 0.592. The van der Waals surface area contributed by atoms with Crippen molar-refractivity contribution in [1.82, 2.24) is 4.98 Å². The van der Waals surface area contributed by atoms with E-state index < -0.39 is 0 Å². The first-order chi connectivity index (χ1) is 8.83. The molecule has 18 heavy (non-hydrogen) atoms. The summed E-state index contributed by atoms with van der Waals surface area (Å²) in [6.07, 6.45) is 3.97. The number of nitrogen functional groups attached to an aromatic ring is 1. The molecular weight excluding hydrogens is 222 g/mol. The fraction of sp³-hybridized carbons (Fsp3) is 0.267. The summed E-state index contributed by atoms with van der Waals surface area (Å²) in [5.74, 6) is 0.592. The lowest BCUT2D eigenvalue weighted by atomic mass is 10.0. The van der Waals surface area contributed by atoms with Gasteiger partial charge in [-0.05, 0) is 30.0 Å². The van der Waals surface area contributed by atoms with Gasteiger partial charge in [0.25, 0.3) is 0 Å². The van der Waals surface area contributed by atoms with E-state index in [0.717, 1.165) is 25.9 Å². The van der Waals surface area contributed by atoms with E-state index in [4.69, 9.17) is 5.73 Å². The van der Waals surface area contributed by atoms with Gasteiger partial charge in [-0.2, -0.15) is 0 Å². The van der Waals surface area contributed by atoms with Crippen LogP contribution in [-0.4, -0.2) is 18.1 Å². The highest BCUT2D eigenvalue weighted by molar-refractivity contribution is 5.52. The number of hydrogen-bond donors (Lipinski definition) is 1. The van der Waals surface area contributed by atoms with Gasteiger partial charge in [-0.15, -0.1) is 0 Å². The maximum atomic E-state index is 5.75. The minimum Gasteiger partial charge on any atom is -0.384 e. The lowest BCUT2D eigenvalue weighted by Gasteiger charge is -2.22. The second-order valence-electron chi connectivity index (χ2n) is 4.69. The Morgan fingerprint density at radius 2 is 1.67 bits per heavy atom. The average molecular weight is 239 g/mol. The van der Waals surface area contributed by atoms with E-state index in [1.54, 1.807) is 6.20 Å². The first-order valence-electron chi connectivity index (χ1n) is 6.36. The molecule has 0 saturated carbocycles. The van der Waals surface area contributed by atoms with Crippen molar-refractivity contribution < 1.29 is 0 Å². The second kappa shape index (κ2) is 4.69. The molecule has 2 aromatic rings. The van der Waals surface area contributed by atoms with Crippen molar-refractivity contribution >= 4 is 11.5 Å². The molecule has 1 aliphatic rings. The topological polar surface area (TPSA) is 42.1 Å². The van der Waals surface area contributed by atoms with Gasteiger partial charge in [-0.3, -0.25) is 0 Å². The zero-order valence-electron chi connectivity index (χ0n) is 10.3. The van der Waals surface area contributed by atoms with Crippen LogP contribution in [0, 0.1) is 0 Å². The number of nitrogens with two attached hydrogens (primary N) is 1. The molecule has 0 bridgehead atoms. The van der Waals surface area contributed by atoms with Gasteiger partial charge in [0.05, 0.1) is 0 Å². The smallest absolute Gasteiger partial charge is 0.125 e. The molecule has 0 spiro atoms. The average Bonchev–Trinajstić information content (AvgIpc) is 2.61. The maximum Gasteiger partial charge on any atom is 0.125 e. The number of pyridine rings is 1. The van der Waals surface area contributed by atoms with Gasteiger partial charge >= 0.3 is 0 Å². The van der Waals surface area contributed by atoms with Gasteiger partial charge in [-0.1, -0.05) is 24.3 Å². The van der Waals surface area contributed by atoms with Crippen LogP contribution in [0.15, 0.2) is 42.6 Å². The fourth-order valence-electron chi connectivity index (χ4n) is 2.56. The van der Waals surface area contributed by atoms with Crippen molar-refractivity contribution in [3.63, 3.8) is 0 Å². The molecule has 1 aromatic carbocycles. The highest BCUT2D eigenvalue weighted by Crippen LogP contribution is 2.21. The number of anilines is 2. The van der Waals surface area contributed by atoms with E-state index in [2.05, 4.69) is 34.1 Å². The van der Waals surface area contributed by atoms with Crippen molar-refractivity contribution in [3.8, 4) is 0 Å². The summed E-state index contributed by atoms with van der Waals surface area (Å²) in [7, 11) is 0. The Morgan fingerprint density at radius 1 is 1.00 bits per heavy atom. The molecule has 3 nitrogen and oxygen atoms in total. The van der Waals surface area contributed by atoms with Crippen LogP contribution in [0.3, 0.4) is 0 Å². The predicted octanol–water partition coefficient (Wildman–Crippen LogP) is 2.27. The summed E-state index contributed by atoms with van der Waals surface area (Å²) in [6.45, 7) is 2.08. The molecule has 0 atom stereocenters. The summed E-state index contributed by atoms with van der Waals surface area (Å²) in [4.78, 5) is 6.44. The summed E-state index contributed by atoms with van der Waals surface area (Å²) in [6, 6.07) is 12.7. The first-order valence-corrected chi connectivity index (χ1v) is 6.36. The van der Waals surface area contributed by atoms with Crippen molar-refractivity contribution in [3.05, 3.63) is 53.7 Å². The van der Waals surface area contributed by atoms with E-state index in [9.17, 15) is 0 Å². The Balaban J connectivity index is 1.83. The third-order valence-electron chi connectivity index (χ3n) is 3.55. The quantitative estimate of drug-likeness (QED) is 0.830. The molecule has 3 rings (SSSR count). The zero-order valence-corrected chi connectivity index (χ0v) is 10.3. The maximum absolute atomic E-state index is 5.75. The van der Waals surface area contributed by atoms with Crippen molar-refractivity contribution in [2.24, 2.45) is 0 Å². The molecule has 3 heteroatoms. The van der Waals surface area contributed by atoms with Crippen LogP contribution in [0.2, 0.25) is 0 Å². The molecule has 1 aromatic heterocycles. The molecule has 0 unspecified atom stereocenters. The fourth-order valence-corrected chi connectivity index (χ4v) is 2.56. The molecule has 0 fully saturated rings. The standard InChI is InChI=1S/C15H17N3/c16-15-11-14(5-8-17-15)18-9-6-12-3-1-2-4-13(12)7-10-18/h1-5,8,11H,6-7,9-10H2,(H2,16,17). The highest BCUT2D eigenvalue weighted by Gasteiger charge is 2.13. The Morgan fingerprint density at radius 3 is 2.28 bits per heavy atom. The molecule has 2 heterocycles. The third kappa shape index (κ3) is 2.16. The van der Waals surface area contributed by atoms with E-state index >= 15 is 0 Å². The molecular formula is C15H17N3. The number of benzene rings is 1. The Kier molecular flexibility index (Phi) is 2.89. The third-order valence-corrected chi connectivity index (χ3v) is 3.55. The molecule has 1 aliphatic heterocycles. The van der Waals surface area contributed by atoms with Gasteiger partial charge in [0, 0.05) is 31.0 Å². The van der Waals surface area contributed by atoms with Gasteiger partial charge in [-0.25, -0.2) is 4.98 Å². The largest absolute Gasteiger partial charge is 0.384 e. The molecule has 2 N–H and O–H groups in total. The van der Waals surface area contributed by atoms with Gasteiger partial charge in [0.15, 0.2) is 0 Å². The Hall–Kier alpha value is -2.03. The van der Waals surface area contributed by atoms with Crippen LogP contribution in [-0.2, 0) is 12.8 Å². The second-order valence-corrected chi connectivity index (χ2v) is 4.69. The first kappa shape index (κ1) is 11.1. The predicted molar refractivity (Wildman–Crippen MR) is 74.7 cm³/mol. The zero-order chi connectivity index (χ0) is 12.4. The minimum atomic E-state index is 0.592. The molecule has 0 radical (unpaired) electrons. The van der Waals surface area contributed by atoms with Crippen LogP contribution in [0.1, 0.15) is 11.1 Å². The normalized spacial score (nSPS) is 15.0. The lowest BCUT2D eigenvalue weighted by Crippen LogP contribution is -2.26. The molecule has 0 aliphatic carbocycles. The number of aromatic nitrogens is 1. The number of rotatable bonds is 1. The number of hydrogen-bond acceptors (Lipinski definition) is 3. The number of nitrogens with zero attached hydrogens (tertiary/aromatic N) is 2. The Labute approximate surface area is 107 Å². The van der Waals surface area contributed by atoms with Gasteiger partial charge in [0.1, 0.15) is 5.82 Å². The number of fused-ring (bicyclic) bond motifs is 1. The lowest BCUT2D eigenvalue weighted by molar-refractivity contribution is 0.805. The van der Waals surface area contributed by atoms with Crippen LogP contribution in [0.4, 0.5) is 11.5 Å². The van der Waals surface area contributed by atoms with Gasteiger partial charge < -0.3 is 10.6 Å². The summed E-state index contributed by atoms with van der Waals surface area (Å²) < 4.78 is 0. The monoisotopic (exact) mass is 239 g/mol. The van der Waals surface area contributed by atoms with Crippen molar-refractivity contribution in [2.75, 3.05) is 23.7 Å². The van der Waals surface area contributed by atoms with Gasteiger partial charge in [0.2, 0.25) is 0 Å². The van der Waals surface area contributed by atoms with Crippen LogP contribution in [0.5, 0.6) is 0 Å². The van der Waals surface area contributed by atoms with E-state index in [0.29, 0.717) is 5.82 Å². The summed E-state index contributed by atoms with van der Waals surface area (Å²) in [5, 5.41) is 0. The van der Waals surface area contributed by atoms with E-state index in [1.807, 2.05) is 12.1 Å². The van der Waals surface area contributed by atoms with Crippen molar-refractivity contribution in [1.29, 1.82) is 0 Å². The molecule has 0 amide bonds. The van der Waals surface area contributed by atoms with E-state index in [1.165, 1.54) is 16.8 Å². The SMILES string of the molecule is Nc1cc(N2CCc3ccccc3CC2)ccn1.